The molecule has 0 spiro atoms. The fraction of sp³-hybridized carbons (Fsp3) is 0.400. The largest absolute Gasteiger partial charge is 0.508 e. The predicted octanol–water partition coefficient (Wildman–Crippen LogP) is 3.07. The Bertz CT molecular complexity index is 889. The van der Waals surface area contributed by atoms with Gasteiger partial charge in [-0.25, -0.2) is 10.4 Å². The highest BCUT2D eigenvalue weighted by Gasteiger charge is 2.19. The van der Waals surface area contributed by atoms with Gasteiger partial charge in [-0.1, -0.05) is 6.42 Å². The lowest BCUT2D eigenvalue weighted by atomic mass is 10.2. The number of likely N-dealkylation sites (tertiary alicyclic amines) is 1. The van der Waals surface area contributed by atoms with E-state index in [1.807, 2.05) is 26.0 Å². The van der Waals surface area contributed by atoms with Crippen LogP contribution in [0, 0.1) is 6.92 Å². The molecule has 1 saturated heterocycles. The number of thiazole rings is 1. The van der Waals surface area contributed by atoms with Gasteiger partial charge in [0.05, 0.1) is 16.3 Å². The maximum absolute atomic E-state index is 12.2. The van der Waals surface area contributed by atoms with E-state index in [1.165, 1.54) is 11.3 Å². The van der Waals surface area contributed by atoms with Crippen LogP contribution in [0.4, 0.5) is 0 Å². The van der Waals surface area contributed by atoms with Crippen LogP contribution < -0.4 is 5.43 Å². The monoisotopic (exact) mass is 400 g/mol. The van der Waals surface area contributed by atoms with Crippen LogP contribution in [-0.2, 0) is 9.59 Å². The van der Waals surface area contributed by atoms with E-state index in [9.17, 15) is 14.7 Å². The molecule has 0 aliphatic carbocycles. The number of rotatable bonds is 5. The molecule has 2 amide bonds. The van der Waals surface area contributed by atoms with Gasteiger partial charge in [-0.3, -0.25) is 9.59 Å². The van der Waals surface area contributed by atoms with Crippen LogP contribution in [0.25, 0.3) is 10.6 Å². The van der Waals surface area contributed by atoms with Gasteiger partial charge in [-0.05, 0) is 51.0 Å². The van der Waals surface area contributed by atoms with Crippen molar-refractivity contribution in [1.29, 1.82) is 0 Å². The Kier molecular flexibility index (Phi) is 6.41. The maximum Gasteiger partial charge on any atom is 0.259 e. The minimum atomic E-state index is -0.296. The third-order valence-electron chi connectivity index (χ3n) is 4.59. The molecule has 1 fully saturated rings. The number of phenolic OH excluding ortho intramolecular Hbond substituents is 1. The third kappa shape index (κ3) is 4.95. The molecule has 2 aromatic rings. The average molecular weight is 401 g/mol. The van der Waals surface area contributed by atoms with Gasteiger partial charge >= 0.3 is 0 Å². The lowest BCUT2D eigenvalue weighted by Gasteiger charge is -2.18. The van der Waals surface area contributed by atoms with Crippen molar-refractivity contribution in [2.24, 2.45) is 5.10 Å². The number of benzene rings is 1. The molecule has 1 aliphatic heterocycles. The molecular weight excluding hydrogens is 376 g/mol. The van der Waals surface area contributed by atoms with Crippen molar-refractivity contribution >= 4 is 28.9 Å². The van der Waals surface area contributed by atoms with Gasteiger partial charge < -0.3 is 10.0 Å². The van der Waals surface area contributed by atoms with E-state index < -0.39 is 0 Å². The summed E-state index contributed by atoms with van der Waals surface area (Å²) in [5.74, 6) is -0.0543. The van der Waals surface area contributed by atoms with Gasteiger partial charge in [-0.15, -0.1) is 11.3 Å². The summed E-state index contributed by atoms with van der Waals surface area (Å²) in [6.07, 6.45) is 3.36. The number of aryl methyl sites for hydroxylation is 1. The van der Waals surface area contributed by atoms with E-state index in [2.05, 4.69) is 15.5 Å². The normalized spacial score (nSPS) is 15.4. The lowest BCUT2D eigenvalue weighted by Crippen LogP contribution is -2.39. The number of hydrogen-bond acceptors (Lipinski definition) is 6. The fourth-order valence-corrected chi connectivity index (χ4v) is 4.09. The zero-order chi connectivity index (χ0) is 20.1. The minimum Gasteiger partial charge on any atom is -0.508 e. The fourth-order valence-electron chi connectivity index (χ4n) is 3.07. The number of nitrogens with zero attached hydrogens (tertiary/aromatic N) is 3. The van der Waals surface area contributed by atoms with Crippen molar-refractivity contribution in [3.8, 4) is 16.3 Å². The SMILES string of the molecule is C/C(=N\NC(=O)CN1CCCCCC1=O)c1sc(-c2ccc(O)cc2)nc1C. The predicted molar refractivity (Wildman–Crippen MR) is 109 cm³/mol. The zero-order valence-electron chi connectivity index (χ0n) is 16.1. The average Bonchev–Trinajstić information content (AvgIpc) is 2.95. The Hall–Kier alpha value is -2.74. The minimum absolute atomic E-state index is 0.0326. The first-order valence-corrected chi connectivity index (χ1v) is 10.1. The van der Waals surface area contributed by atoms with E-state index in [4.69, 9.17) is 0 Å². The smallest absolute Gasteiger partial charge is 0.259 e. The summed E-state index contributed by atoms with van der Waals surface area (Å²) in [4.78, 5) is 31.3. The Morgan fingerprint density at radius 3 is 2.79 bits per heavy atom. The molecule has 148 valence electrons. The maximum atomic E-state index is 12.2. The molecule has 3 rings (SSSR count). The van der Waals surface area contributed by atoms with E-state index >= 15 is 0 Å². The molecule has 0 atom stereocenters. The van der Waals surface area contributed by atoms with Crippen molar-refractivity contribution in [1.82, 2.24) is 15.3 Å². The molecule has 8 heteroatoms. The molecule has 2 N–H and O–H groups in total. The molecule has 7 nitrogen and oxygen atoms in total. The van der Waals surface area contributed by atoms with E-state index in [0.717, 1.165) is 40.4 Å². The molecule has 1 aliphatic rings. The second-order valence-corrected chi connectivity index (χ2v) is 7.84. The second-order valence-electron chi connectivity index (χ2n) is 6.84. The molecule has 0 unspecified atom stereocenters. The number of aromatic nitrogens is 1. The first-order valence-electron chi connectivity index (χ1n) is 9.32. The number of nitrogens with one attached hydrogen (secondary N) is 1. The summed E-state index contributed by atoms with van der Waals surface area (Å²) >= 11 is 1.48. The number of hydrazone groups is 1. The standard InChI is InChI=1S/C20H24N4O3S/c1-13-19(28-20(21-13)15-7-9-16(25)10-8-15)14(2)22-23-17(26)12-24-11-5-3-4-6-18(24)27/h7-10,25H,3-6,11-12H2,1-2H3,(H,23,26)/b22-14+. The van der Waals surface area contributed by atoms with E-state index in [0.29, 0.717) is 18.7 Å². The molecule has 28 heavy (non-hydrogen) atoms. The van der Waals surface area contributed by atoms with Crippen molar-refractivity contribution in [3.05, 3.63) is 34.8 Å². The summed E-state index contributed by atoms with van der Waals surface area (Å²) in [5, 5.41) is 14.4. The topological polar surface area (TPSA) is 94.9 Å². The molecule has 0 radical (unpaired) electrons. The summed E-state index contributed by atoms with van der Waals surface area (Å²) < 4.78 is 0. The van der Waals surface area contributed by atoms with Crippen molar-refractivity contribution in [3.63, 3.8) is 0 Å². The van der Waals surface area contributed by atoms with Crippen molar-refractivity contribution in [2.75, 3.05) is 13.1 Å². The number of carbonyl (C=O) groups excluding carboxylic acids is 2. The number of phenols is 1. The van der Waals surface area contributed by atoms with Gasteiger partial charge in [0.2, 0.25) is 5.91 Å². The van der Waals surface area contributed by atoms with Crippen LogP contribution >= 0.6 is 11.3 Å². The summed E-state index contributed by atoms with van der Waals surface area (Å²) in [6.45, 7) is 4.37. The van der Waals surface area contributed by atoms with Gasteiger partial charge in [0.25, 0.3) is 5.91 Å². The number of carbonyl (C=O) groups is 2. The molecular formula is C20H24N4O3S. The Morgan fingerprint density at radius 1 is 1.29 bits per heavy atom. The highest BCUT2D eigenvalue weighted by molar-refractivity contribution is 7.17. The highest BCUT2D eigenvalue weighted by atomic mass is 32.1. The van der Waals surface area contributed by atoms with Crippen LogP contribution in [0.1, 0.15) is 43.2 Å². The van der Waals surface area contributed by atoms with Gasteiger partial charge in [0.15, 0.2) is 0 Å². The van der Waals surface area contributed by atoms with Gasteiger partial charge in [-0.2, -0.15) is 5.10 Å². The molecule has 1 aromatic heterocycles. The number of amides is 2. The summed E-state index contributed by atoms with van der Waals surface area (Å²) in [7, 11) is 0. The molecule has 0 saturated carbocycles. The zero-order valence-corrected chi connectivity index (χ0v) is 16.9. The van der Waals surface area contributed by atoms with E-state index in [-0.39, 0.29) is 24.1 Å². The Balaban J connectivity index is 1.65. The lowest BCUT2D eigenvalue weighted by molar-refractivity contribution is -0.135. The Morgan fingerprint density at radius 2 is 2.04 bits per heavy atom. The second kappa shape index (κ2) is 8.97. The van der Waals surface area contributed by atoms with Crippen molar-refractivity contribution < 1.29 is 14.7 Å². The molecule has 0 bridgehead atoms. The van der Waals surface area contributed by atoms with E-state index in [1.54, 1.807) is 17.0 Å². The van der Waals surface area contributed by atoms with Gasteiger partial charge in [0.1, 0.15) is 17.3 Å². The summed E-state index contributed by atoms with van der Waals surface area (Å²) in [6, 6.07) is 6.86. The van der Waals surface area contributed by atoms with Crippen LogP contribution in [0.3, 0.4) is 0 Å². The first-order chi connectivity index (χ1) is 13.4. The highest BCUT2D eigenvalue weighted by Crippen LogP contribution is 2.29. The van der Waals surface area contributed by atoms with Crippen LogP contribution in [0.15, 0.2) is 29.4 Å². The van der Waals surface area contributed by atoms with Crippen molar-refractivity contribution in [2.45, 2.75) is 39.5 Å². The quantitative estimate of drug-likeness (QED) is 0.596. The van der Waals surface area contributed by atoms with Crippen LogP contribution in [0.5, 0.6) is 5.75 Å². The Labute approximate surface area is 168 Å². The first kappa shape index (κ1) is 20.0. The molecule has 2 heterocycles. The molecule has 1 aromatic carbocycles. The van der Waals surface area contributed by atoms with Crippen LogP contribution in [0.2, 0.25) is 0 Å². The summed E-state index contributed by atoms with van der Waals surface area (Å²) in [5.41, 5.74) is 4.95. The van der Waals surface area contributed by atoms with Gasteiger partial charge in [0, 0.05) is 18.5 Å². The third-order valence-corrected chi connectivity index (χ3v) is 5.91. The van der Waals surface area contributed by atoms with Crippen LogP contribution in [-0.4, -0.2) is 45.6 Å². The number of aromatic hydroxyl groups is 1. The number of hydrogen-bond donors (Lipinski definition) is 2.